The second-order valence-corrected chi connectivity index (χ2v) is 5.69. The van der Waals surface area contributed by atoms with E-state index in [0.29, 0.717) is 18.0 Å². The maximum atomic E-state index is 12.9. The van der Waals surface area contributed by atoms with Crippen LogP contribution in [0.4, 0.5) is 13.2 Å². The Morgan fingerprint density at radius 2 is 1.84 bits per heavy atom. The first kappa shape index (κ1) is 16.4. The standard InChI is InChI=1S/C14H20F3NS/c1-10(9-19-3)8-18-11(2)12-6-4-5-7-13(12)14(15,16)17/h4-7,10-11,18H,8-9H2,1-3H3. The molecule has 1 aromatic rings. The summed E-state index contributed by atoms with van der Waals surface area (Å²) in [6, 6.07) is 5.45. The van der Waals surface area contributed by atoms with Gasteiger partial charge >= 0.3 is 6.18 Å². The molecule has 0 aliphatic carbocycles. The highest BCUT2D eigenvalue weighted by atomic mass is 32.2. The summed E-state index contributed by atoms with van der Waals surface area (Å²) in [5, 5.41) is 3.18. The molecule has 1 rings (SSSR count). The van der Waals surface area contributed by atoms with Crippen molar-refractivity contribution in [3.63, 3.8) is 0 Å². The van der Waals surface area contributed by atoms with E-state index in [-0.39, 0.29) is 6.04 Å². The van der Waals surface area contributed by atoms with Crippen molar-refractivity contribution >= 4 is 11.8 Å². The molecule has 2 atom stereocenters. The van der Waals surface area contributed by atoms with Gasteiger partial charge in [0.05, 0.1) is 5.56 Å². The summed E-state index contributed by atoms with van der Waals surface area (Å²) in [4.78, 5) is 0. The predicted octanol–water partition coefficient (Wildman–Crippen LogP) is 4.36. The molecular formula is C14H20F3NS. The van der Waals surface area contributed by atoms with Gasteiger partial charge in [-0.15, -0.1) is 0 Å². The molecule has 0 aliphatic rings. The second-order valence-electron chi connectivity index (χ2n) is 4.78. The van der Waals surface area contributed by atoms with Crippen LogP contribution in [-0.2, 0) is 6.18 Å². The van der Waals surface area contributed by atoms with Gasteiger partial charge in [0.25, 0.3) is 0 Å². The number of benzene rings is 1. The minimum absolute atomic E-state index is 0.304. The van der Waals surface area contributed by atoms with Gasteiger partial charge in [0, 0.05) is 6.04 Å². The lowest BCUT2D eigenvalue weighted by Crippen LogP contribution is -2.27. The van der Waals surface area contributed by atoms with Gasteiger partial charge < -0.3 is 5.32 Å². The number of thioether (sulfide) groups is 1. The van der Waals surface area contributed by atoms with Gasteiger partial charge in [-0.05, 0) is 43.0 Å². The van der Waals surface area contributed by atoms with Crippen LogP contribution in [0.15, 0.2) is 24.3 Å². The Labute approximate surface area is 117 Å². The highest BCUT2D eigenvalue weighted by molar-refractivity contribution is 7.98. The first-order valence-electron chi connectivity index (χ1n) is 6.24. The lowest BCUT2D eigenvalue weighted by molar-refractivity contribution is -0.138. The topological polar surface area (TPSA) is 12.0 Å². The summed E-state index contributed by atoms with van der Waals surface area (Å²) in [6.07, 6.45) is -2.27. The average Bonchev–Trinajstić information content (AvgIpc) is 2.35. The molecule has 0 aliphatic heterocycles. The van der Waals surface area contributed by atoms with Crippen molar-refractivity contribution in [2.24, 2.45) is 5.92 Å². The smallest absolute Gasteiger partial charge is 0.310 e. The van der Waals surface area contributed by atoms with Crippen LogP contribution in [0.5, 0.6) is 0 Å². The molecule has 108 valence electrons. The zero-order valence-electron chi connectivity index (χ0n) is 11.4. The van der Waals surface area contributed by atoms with Crippen molar-refractivity contribution in [2.75, 3.05) is 18.6 Å². The maximum absolute atomic E-state index is 12.9. The molecule has 0 spiro atoms. The molecule has 0 saturated carbocycles. The van der Waals surface area contributed by atoms with Crippen molar-refractivity contribution in [3.8, 4) is 0 Å². The van der Waals surface area contributed by atoms with E-state index in [4.69, 9.17) is 0 Å². The zero-order valence-corrected chi connectivity index (χ0v) is 12.2. The molecule has 2 unspecified atom stereocenters. The third-order valence-corrected chi connectivity index (χ3v) is 3.86. The second kappa shape index (κ2) is 7.20. The Balaban J connectivity index is 2.74. The van der Waals surface area contributed by atoms with E-state index >= 15 is 0 Å². The fourth-order valence-corrected chi connectivity index (χ4v) is 2.65. The number of nitrogens with one attached hydrogen (secondary N) is 1. The number of rotatable bonds is 6. The summed E-state index contributed by atoms with van der Waals surface area (Å²) in [6.45, 7) is 4.58. The highest BCUT2D eigenvalue weighted by Crippen LogP contribution is 2.34. The van der Waals surface area contributed by atoms with Gasteiger partial charge in [-0.1, -0.05) is 25.1 Å². The number of halogens is 3. The van der Waals surface area contributed by atoms with Crippen molar-refractivity contribution in [1.29, 1.82) is 0 Å². The van der Waals surface area contributed by atoms with Gasteiger partial charge in [-0.3, -0.25) is 0 Å². The van der Waals surface area contributed by atoms with Crippen molar-refractivity contribution in [2.45, 2.75) is 26.1 Å². The third-order valence-electron chi connectivity index (χ3n) is 2.96. The monoisotopic (exact) mass is 291 g/mol. The first-order valence-corrected chi connectivity index (χ1v) is 7.64. The first-order chi connectivity index (χ1) is 8.86. The summed E-state index contributed by atoms with van der Waals surface area (Å²) in [5.41, 5.74) is -0.237. The SMILES string of the molecule is CSCC(C)CNC(C)c1ccccc1C(F)(F)F. The number of hydrogen-bond acceptors (Lipinski definition) is 2. The quantitative estimate of drug-likeness (QED) is 0.836. The molecule has 0 fully saturated rings. The molecule has 0 heterocycles. The molecule has 1 nitrogen and oxygen atoms in total. The summed E-state index contributed by atoms with van der Waals surface area (Å²) < 4.78 is 38.7. The van der Waals surface area contributed by atoms with E-state index in [1.807, 2.05) is 6.26 Å². The Kier molecular flexibility index (Phi) is 6.20. The summed E-state index contributed by atoms with van der Waals surface area (Å²) in [5.74, 6) is 1.44. The molecular weight excluding hydrogens is 271 g/mol. The van der Waals surface area contributed by atoms with E-state index < -0.39 is 11.7 Å². The van der Waals surface area contributed by atoms with Crippen LogP contribution in [0.1, 0.15) is 31.0 Å². The fraction of sp³-hybridized carbons (Fsp3) is 0.571. The third kappa shape index (κ3) is 5.07. The Hall–Kier alpha value is -0.680. The molecule has 0 radical (unpaired) electrons. The molecule has 5 heteroatoms. The molecule has 0 bridgehead atoms. The number of hydrogen-bond donors (Lipinski definition) is 1. The molecule has 0 amide bonds. The lowest BCUT2D eigenvalue weighted by atomic mass is 10.0. The fourth-order valence-electron chi connectivity index (χ4n) is 1.96. The van der Waals surface area contributed by atoms with Gasteiger partial charge in [0.15, 0.2) is 0 Å². The van der Waals surface area contributed by atoms with E-state index in [0.717, 1.165) is 11.8 Å². The van der Waals surface area contributed by atoms with Crippen LogP contribution in [0.3, 0.4) is 0 Å². The van der Waals surface area contributed by atoms with Gasteiger partial charge in [-0.25, -0.2) is 0 Å². The molecule has 19 heavy (non-hydrogen) atoms. The summed E-state index contributed by atoms with van der Waals surface area (Å²) >= 11 is 1.74. The van der Waals surface area contributed by atoms with Crippen LogP contribution in [0.2, 0.25) is 0 Å². The highest BCUT2D eigenvalue weighted by Gasteiger charge is 2.34. The van der Waals surface area contributed by atoms with Crippen LogP contribution in [0, 0.1) is 5.92 Å². The minimum atomic E-state index is -4.29. The molecule has 0 saturated heterocycles. The number of alkyl halides is 3. The van der Waals surface area contributed by atoms with Crippen LogP contribution >= 0.6 is 11.8 Å². The predicted molar refractivity (Wildman–Crippen MR) is 75.4 cm³/mol. The molecule has 1 aromatic carbocycles. The minimum Gasteiger partial charge on any atom is -0.310 e. The average molecular weight is 291 g/mol. The Morgan fingerprint density at radius 3 is 2.42 bits per heavy atom. The van der Waals surface area contributed by atoms with Crippen molar-refractivity contribution in [3.05, 3.63) is 35.4 Å². The maximum Gasteiger partial charge on any atom is 0.416 e. The summed E-state index contributed by atoms with van der Waals surface area (Å²) in [7, 11) is 0. The van der Waals surface area contributed by atoms with Crippen LogP contribution in [-0.4, -0.2) is 18.6 Å². The normalized spacial score (nSPS) is 15.3. The largest absolute Gasteiger partial charge is 0.416 e. The van der Waals surface area contributed by atoms with E-state index in [9.17, 15) is 13.2 Å². The van der Waals surface area contributed by atoms with Crippen LogP contribution < -0.4 is 5.32 Å². The van der Waals surface area contributed by atoms with Gasteiger partial charge in [-0.2, -0.15) is 24.9 Å². The zero-order chi connectivity index (χ0) is 14.5. The van der Waals surface area contributed by atoms with Crippen LogP contribution in [0.25, 0.3) is 0 Å². The Bertz CT molecular complexity index is 393. The van der Waals surface area contributed by atoms with E-state index in [1.54, 1.807) is 30.8 Å². The van der Waals surface area contributed by atoms with Crippen molar-refractivity contribution < 1.29 is 13.2 Å². The lowest BCUT2D eigenvalue weighted by Gasteiger charge is -2.21. The van der Waals surface area contributed by atoms with E-state index in [1.165, 1.54) is 6.07 Å². The van der Waals surface area contributed by atoms with E-state index in [2.05, 4.69) is 12.2 Å². The van der Waals surface area contributed by atoms with Gasteiger partial charge in [0.1, 0.15) is 0 Å². The molecule has 0 aromatic heterocycles. The Morgan fingerprint density at radius 1 is 1.21 bits per heavy atom. The molecule has 1 N–H and O–H groups in total. The van der Waals surface area contributed by atoms with Gasteiger partial charge in [0.2, 0.25) is 0 Å². The van der Waals surface area contributed by atoms with Crippen molar-refractivity contribution in [1.82, 2.24) is 5.32 Å².